The van der Waals surface area contributed by atoms with Crippen molar-refractivity contribution < 1.29 is 46.1 Å². The summed E-state index contributed by atoms with van der Waals surface area (Å²) in [5.41, 5.74) is 11.4. The molecule has 38 heavy (non-hydrogen) atoms. The van der Waals surface area contributed by atoms with Crippen molar-refractivity contribution >= 4 is 6.48 Å². The predicted molar refractivity (Wildman–Crippen MR) is 151 cm³/mol. The van der Waals surface area contributed by atoms with E-state index in [1.165, 1.54) is 71.0 Å². The fraction of sp³-hybridized carbons (Fsp3) is 0.171. The summed E-state index contributed by atoms with van der Waals surface area (Å²) < 4.78 is 5.47. The van der Waals surface area contributed by atoms with E-state index in [2.05, 4.69) is 109 Å². The average Bonchev–Trinajstić information content (AvgIpc) is 3.72. The Labute approximate surface area is 246 Å². The molecule has 188 valence electrons. The summed E-state index contributed by atoms with van der Waals surface area (Å²) in [7, 11) is 0. The fourth-order valence-electron chi connectivity index (χ4n) is 6.38. The van der Waals surface area contributed by atoms with Crippen LogP contribution in [0.5, 0.6) is 0 Å². The molecule has 0 atom stereocenters. The first kappa shape index (κ1) is 27.3. The first-order valence-corrected chi connectivity index (χ1v) is 17.0. The monoisotopic (exact) mass is 610 g/mol. The number of fused-ring (bicyclic) bond motifs is 3. The van der Waals surface area contributed by atoms with Crippen LogP contribution in [0, 0.1) is 0 Å². The number of allylic oxidation sites excluding steroid dienone is 4. The van der Waals surface area contributed by atoms with Crippen molar-refractivity contribution in [2.24, 2.45) is 0 Å². The molecule has 3 heteroatoms. The molecule has 0 nitrogen and oxygen atoms in total. The van der Waals surface area contributed by atoms with Crippen LogP contribution in [0.1, 0.15) is 43.2 Å². The molecule has 3 aliphatic carbocycles. The van der Waals surface area contributed by atoms with Crippen LogP contribution in [0.4, 0.5) is 0 Å². The van der Waals surface area contributed by atoms with Crippen molar-refractivity contribution in [3.8, 4) is 33.4 Å². The van der Waals surface area contributed by atoms with Gasteiger partial charge in [-0.1, -0.05) is 0 Å². The molecule has 4 aromatic rings. The van der Waals surface area contributed by atoms with Gasteiger partial charge >= 0.3 is 223 Å². The van der Waals surface area contributed by atoms with Gasteiger partial charge in [-0.2, -0.15) is 0 Å². The van der Waals surface area contributed by atoms with Gasteiger partial charge in [0.05, 0.1) is 0 Å². The van der Waals surface area contributed by atoms with E-state index in [0.717, 1.165) is 6.42 Å². The zero-order valence-corrected chi connectivity index (χ0v) is 25.4. The van der Waals surface area contributed by atoms with Crippen LogP contribution in [-0.4, -0.2) is 3.21 Å². The predicted octanol–water partition coefficient (Wildman–Crippen LogP) is 2.43. The normalized spacial score (nSPS) is 14.6. The first-order valence-electron chi connectivity index (χ1n) is 13.3. The van der Waals surface area contributed by atoms with E-state index in [4.69, 9.17) is 0 Å². The molecule has 7 rings (SSSR count). The zero-order chi connectivity index (χ0) is 23.9. The van der Waals surface area contributed by atoms with Gasteiger partial charge in [0, 0.05) is 0 Å². The van der Waals surface area contributed by atoms with E-state index < -0.39 is 21.3 Å². The molecule has 0 aromatic heterocycles. The molecular weight excluding hydrogens is 583 g/mol. The van der Waals surface area contributed by atoms with Crippen LogP contribution in [0.25, 0.3) is 33.4 Å². The average molecular weight is 613 g/mol. The third-order valence-electron chi connectivity index (χ3n) is 8.15. The summed E-state index contributed by atoms with van der Waals surface area (Å²) in [6.07, 6.45) is 14.9. The molecule has 0 aliphatic heterocycles. The first-order chi connectivity index (χ1) is 17.8. The second-order valence-electron chi connectivity index (χ2n) is 10.3. The van der Waals surface area contributed by atoms with E-state index in [-0.39, 0.29) is 24.8 Å². The third-order valence-corrected chi connectivity index (χ3v) is 16.0. The van der Waals surface area contributed by atoms with Crippen molar-refractivity contribution in [2.45, 2.75) is 38.5 Å². The molecule has 3 aliphatic rings. The Morgan fingerprint density at radius 3 is 1.92 bits per heavy atom. The molecule has 0 spiro atoms. The quantitative estimate of drug-likeness (QED) is 0.293. The smallest absolute Gasteiger partial charge is 1.00 e. The van der Waals surface area contributed by atoms with Crippen LogP contribution in [0.3, 0.4) is 0 Å². The molecule has 0 N–H and O–H groups in total. The molecular formula is C35H30Cl2Zr. The topological polar surface area (TPSA) is 0 Å². The van der Waals surface area contributed by atoms with Gasteiger partial charge in [0.2, 0.25) is 0 Å². The molecule has 0 amide bonds. The van der Waals surface area contributed by atoms with Gasteiger partial charge in [0.25, 0.3) is 0 Å². The van der Waals surface area contributed by atoms with Gasteiger partial charge in [-0.25, -0.2) is 0 Å². The summed E-state index contributed by atoms with van der Waals surface area (Å²) in [5, 5.41) is 0. The minimum Gasteiger partial charge on any atom is -1.00 e. The van der Waals surface area contributed by atoms with Crippen LogP contribution in [0.15, 0.2) is 113 Å². The van der Waals surface area contributed by atoms with E-state index in [9.17, 15) is 0 Å². The molecule has 0 saturated heterocycles. The standard InChI is InChI=1S/C25H17.C5H8.C5H5.2ClH.Zr/c1-3-7-18(8-4-1)20-11-13-22-15-23-14-12-21(17-25(23)24(22)16-20)19-9-5-2-6-10-19;2*1-2-4-5-3-1;;;/h1-13,16-17H,15H2;1-4H2;1-3H,4H2;2*1H;/q;;;;;+2/p-2. The van der Waals surface area contributed by atoms with E-state index in [1.54, 1.807) is 12.1 Å². The van der Waals surface area contributed by atoms with Crippen molar-refractivity contribution in [1.82, 2.24) is 0 Å². The van der Waals surface area contributed by atoms with E-state index in [1.807, 2.05) is 3.21 Å². The van der Waals surface area contributed by atoms with Crippen molar-refractivity contribution in [3.63, 3.8) is 0 Å². The summed E-state index contributed by atoms with van der Waals surface area (Å²) >= 11 is -2.14. The van der Waals surface area contributed by atoms with E-state index in [0.29, 0.717) is 0 Å². The van der Waals surface area contributed by atoms with Gasteiger partial charge in [-0.05, 0) is 0 Å². The summed E-state index contributed by atoms with van der Waals surface area (Å²) in [6.45, 7) is 0. The Kier molecular flexibility index (Phi) is 8.49. The summed E-state index contributed by atoms with van der Waals surface area (Å²) in [6, 6.07) is 34.2. The Bertz CT molecular complexity index is 1550. The largest absolute Gasteiger partial charge is 1.00 e. The SMILES string of the molecule is C1=CC[C]([Zr+2](=[C]2CCCC2)[c]2cc(-c3ccccc3)cc3c2Cc2ccc(-c4ccccc4)cc2-3)=C1.[Cl-].[Cl-]. The number of rotatable bonds is 4. The maximum atomic E-state index is 2.62. The maximum Gasteiger partial charge on any atom is -1.00 e. The van der Waals surface area contributed by atoms with Crippen LogP contribution in [0.2, 0.25) is 0 Å². The number of hydrogen-bond donors (Lipinski definition) is 0. The number of halogens is 2. The van der Waals surface area contributed by atoms with E-state index >= 15 is 0 Å². The van der Waals surface area contributed by atoms with Gasteiger partial charge < -0.3 is 24.8 Å². The second-order valence-corrected chi connectivity index (χ2v) is 16.8. The number of benzene rings is 4. The van der Waals surface area contributed by atoms with Crippen molar-refractivity contribution in [2.75, 3.05) is 0 Å². The maximum absolute atomic E-state index is 2.62. The second kappa shape index (κ2) is 11.8. The van der Waals surface area contributed by atoms with Gasteiger partial charge in [-0.3, -0.25) is 0 Å². The molecule has 0 heterocycles. The fourth-order valence-corrected chi connectivity index (χ4v) is 14.8. The number of hydrogen-bond acceptors (Lipinski definition) is 0. The summed E-state index contributed by atoms with van der Waals surface area (Å²) in [5.74, 6) is 0. The molecule has 0 bridgehead atoms. The Balaban J connectivity index is 0.00000147. The minimum atomic E-state index is -2.14. The van der Waals surface area contributed by atoms with Crippen LogP contribution < -0.4 is 28.1 Å². The van der Waals surface area contributed by atoms with Crippen LogP contribution in [-0.2, 0) is 27.7 Å². The molecule has 0 unspecified atom stereocenters. The molecule has 0 radical (unpaired) electrons. The van der Waals surface area contributed by atoms with Crippen LogP contribution >= 0.6 is 0 Å². The third kappa shape index (κ3) is 5.02. The van der Waals surface area contributed by atoms with Crippen molar-refractivity contribution in [1.29, 1.82) is 0 Å². The Morgan fingerprint density at radius 1 is 0.605 bits per heavy atom. The summed E-state index contributed by atoms with van der Waals surface area (Å²) in [4.78, 5) is 0. The van der Waals surface area contributed by atoms with Crippen molar-refractivity contribution in [3.05, 3.63) is 124 Å². The molecule has 4 aromatic carbocycles. The van der Waals surface area contributed by atoms with Gasteiger partial charge in [0.1, 0.15) is 0 Å². The van der Waals surface area contributed by atoms with Gasteiger partial charge in [0.15, 0.2) is 0 Å². The molecule has 1 fully saturated rings. The van der Waals surface area contributed by atoms with Gasteiger partial charge in [-0.15, -0.1) is 0 Å². The Morgan fingerprint density at radius 2 is 1.26 bits per heavy atom. The zero-order valence-electron chi connectivity index (χ0n) is 21.4. The Hall–Kier alpha value is -2.31. The minimum absolute atomic E-state index is 0. The molecule has 1 saturated carbocycles.